The van der Waals surface area contributed by atoms with Crippen molar-refractivity contribution in [3.8, 4) is 33.1 Å². The molecule has 0 radical (unpaired) electrons. The number of H-pyrrole nitrogens is 2. The second-order valence-corrected chi connectivity index (χ2v) is 10.3. The van der Waals surface area contributed by atoms with Gasteiger partial charge in [0.2, 0.25) is 5.91 Å². The first-order valence-electron chi connectivity index (χ1n) is 11.6. The molecule has 6 aromatic rings. The second kappa shape index (κ2) is 8.69. The summed E-state index contributed by atoms with van der Waals surface area (Å²) in [6.07, 6.45) is 8.89. The smallest absolute Gasteiger partial charge is 0.226 e. The van der Waals surface area contributed by atoms with Crippen molar-refractivity contribution in [3.05, 3.63) is 66.2 Å². The zero-order valence-corrected chi connectivity index (χ0v) is 20.8. The van der Waals surface area contributed by atoms with Gasteiger partial charge < -0.3 is 10.3 Å². The summed E-state index contributed by atoms with van der Waals surface area (Å²) in [7, 11) is 0. The van der Waals surface area contributed by atoms with Gasteiger partial charge in [-0.3, -0.25) is 24.8 Å². The molecule has 9 heteroatoms. The van der Waals surface area contributed by atoms with Crippen LogP contribution >= 0.6 is 11.3 Å². The third-order valence-electron chi connectivity index (χ3n) is 6.08. The van der Waals surface area contributed by atoms with Crippen LogP contribution in [0.5, 0.6) is 0 Å². The van der Waals surface area contributed by atoms with E-state index in [9.17, 15) is 4.79 Å². The Hall–Kier alpha value is -4.37. The molecule has 0 aliphatic carbocycles. The van der Waals surface area contributed by atoms with E-state index >= 15 is 0 Å². The van der Waals surface area contributed by atoms with E-state index in [0.717, 1.165) is 50.0 Å². The fourth-order valence-electron chi connectivity index (χ4n) is 4.17. The summed E-state index contributed by atoms with van der Waals surface area (Å²) in [5, 5.41) is 12.6. The van der Waals surface area contributed by atoms with Crippen molar-refractivity contribution in [2.24, 2.45) is 5.92 Å². The lowest BCUT2D eigenvalue weighted by atomic mass is 10.1. The predicted molar refractivity (Wildman–Crippen MR) is 144 cm³/mol. The van der Waals surface area contributed by atoms with E-state index in [1.165, 1.54) is 9.75 Å². The third kappa shape index (κ3) is 3.93. The number of aromatic nitrogens is 6. The van der Waals surface area contributed by atoms with Crippen molar-refractivity contribution < 1.29 is 4.79 Å². The molecule has 3 N–H and O–H groups in total. The monoisotopic (exact) mass is 493 g/mol. The van der Waals surface area contributed by atoms with Gasteiger partial charge in [-0.25, -0.2) is 0 Å². The van der Waals surface area contributed by atoms with Gasteiger partial charge in [0.1, 0.15) is 5.69 Å². The lowest BCUT2D eigenvalue weighted by Crippen LogP contribution is -2.17. The normalized spacial score (nSPS) is 11.6. The van der Waals surface area contributed by atoms with Gasteiger partial charge in [0, 0.05) is 50.0 Å². The van der Waals surface area contributed by atoms with Gasteiger partial charge in [0.05, 0.1) is 46.7 Å². The average Bonchev–Trinajstić information content (AvgIpc) is 3.61. The molecule has 0 fully saturated rings. The molecule has 1 amide bonds. The van der Waals surface area contributed by atoms with Gasteiger partial charge in [0.15, 0.2) is 0 Å². The highest BCUT2D eigenvalue weighted by Gasteiger charge is 2.16. The van der Waals surface area contributed by atoms with Crippen LogP contribution in [0.1, 0.15) is 18.7 Å². The van der Waals surface area contributed by atoms with Gasteiger partial charge in [-0.05, 0) is 37.3 Å². The van der Waals surface area contributed by atoms with Gasteiger partial charge in [0.25, 0.3) is 0 Å². The number of aromatic amines is 2. The molecule has 0 atom stereocenters. The lowest BCUT2D eigenvalue weighted by Gasteiger charge is -2.08. The fraction of sp³-hybridized carbons (Fsp3) is 0.148. The third-order valence-corrected chi connectivity index (χ3v) is 7.11. The number of anilines is 1. The van der Waals surface area contributed by atoms with Crippen LogP contribution in [-0.2, 0) is 4.79 Å². The largest absolute Gasteiger partial charge is 0.352 e. The second-order valence-electron chi connectivity index (χ2n) is 9.04. The number of rotatable bonds is 5. The van der Waals surface area contributed by atoms with Crippen LogP contribution < -0.4 is 5.32 Å². The zero-order valence-electron chi connectivity index (χ0n) is 20.0. The molecule has 0 unspecified atom stereocenters. The Morgan fingerprint density at radius 1 is 0.972 bits per heavy atom. The molecular weight excluding hydrogens is 470 g/mol. The summed E-state index contributed by atoms with van der Waals surface area (Å²) >= 11 is 1.75. The van der Waals surface area contributed by atoms with Crippen LogP contribution in [0.3, 0.4) is 0 Å². The molecule has 6 heterocycles. The molecule has 0 bridgehead atoms. The first-order chi connectivity index (χ1) is 17.5. The molecule has 0 aliphatic heterocycles. The number of thiophene rings is 1. The number of nitrogens with one attached hydrogen (secondary N) is 3. The summed E-state index contributed by atoms with van der Waals surface area (Å²) in [4.78, 5) is 31.4. The molecular formula is C27H23N7OS. The number of fused-ring (bicyclic) bond motifs is 2. The number of amides is 1. The SMILES string of the molecule is Cc1ccc(-c2cncc3[nH]c(-c4n[nH]c5cnc(-c6cncc(NC(=O)C(C)C)c6)cc45)cc23)s1. The van der Waals surface area contributed by atoms with E-state index in [1.807, 2.05) is 38.4 Å². The molecule has 0 aromatic carbocycles. The molecule has 6 rings (SSSR count). The number of aryl methyl sites for hydroxylation is 1. The molecule has 0 saturated carbocycles. The van der Waals surface area contributed by atoms with Crippen LogP contribution in [0, 0.1) is 12.8 Å². The number of nitrogens with zero attached hydrogens (tertiary/aromatic N) is 4. The number of carbonyl (C=O) groups is 1. The average molecular weight is 494 g/mol. The summed E-state index contributed by atoms with van der Waals surface area (Å²) in [6.45, 7) is 5.81. The Labute approximate surface area is 210 Å². The maximum Gasteiger partial charge on any atom is 0.226 e. The van der Waals surface area contributed by atoms with Gasteiger partial charge in [-0.15, -0.1) is 11.3 Å². The molecule has 178 valence electrons. The Bertz CT molecular complexity index is 1740. The van der Waals surface area contributed by atoms with Crippen molar-refractivity contribution in [3.63, 3.8) is 0 Å². The first kappa shape index (κ1) is 22.1. The minimum atomic E-state index is -0.118. The minimum absolute atomic E-state index is 0.0557. The van der Waals surface area contributed by atoms with Crippen molar-refractivity contribution in [2.75, 3.05) is 5.32 Å². The van der Waals surface area contributed by atoms with E-state index in [1.54, 1.807) is 29.9 Å². The molecule has 0 aliphatic rings. The van der Waals surface area contributed by atoms with Crippen LogP contribution in [0.4, 0.5) is 5.69 Å². The molecule has 8 nitrogen and oxygen atoms in total. The van der Waals surface area contributed by atoms with Crippen molar-refractivity contribution in [1.82, 2.24) is 30.1 Å². The molecule has 6 aromatic heterocycles. The number of pyridine rings is 3. The van der Waals surface area contributed by atoms with Crippen molar-refractivity contribution in [2.45, 2.75) is 20.8 Å². The number of hydrogen-bond acceptors (Lipinski definition) is 6. The van der Waals surface area contributed by atoms with E-state index in [0.29, 0.717) is 5.69 Å². The van der Waals surface area contributed by atoms with E-state index in [4.69, 9.17) is 0 Å². The van der Waals surface area contributed by atoms with Gasteiger partial charge in [-0.2, -0.15) is 5.10 Å². The van der Waals surface area contributed by atoms with Gasteiger partial charge in [-0.1, -0.05) is 13.8 Å². The Balaban J connectivity index is 1.41. The van der Waals surface area contributed by atoms with E-state index in [-0.39, 0.29) is 11.8 Å². The van der Waals surface area contributed by atoms with Crippen LogP contribution in [0.2, 0.25) is 0 Å². The molecule has 36 heavy (non-hydrogen) atoms. The number of carbonyl (C=O) groups excluding carboxylic acids is 1. The number of hydrogen-bond donors (Lipinski definition) is 3. The topological polar surface area (TPSA) is 112 Å². The Morgan fingerprint density at radius 2 is 1.83 bits per heavy atom. The van der Waals surface area contributed by atoms with Gasteiger partial charge >= 0.3 is 0 Å². The lowest BCUT2D eigenvalue weighted by molar-refractivity contribution is -0.118. The Morgan fingerprint density at radius 3 is 2.64 bits per heavy atom. The minimum Gasteiger partial charge on any atom is -0.352 e. The highest BCUT2D eigenvalue weighted by Crippen LogP contribution is 2.36. The summed E-state index contributed by atoms with van der Waals surface area (Å²) in [6, 6.07) is 10.3. The fourth-order valence-corrected chi connectivity index (χ4v) is 5.06. The van der Waals surface area contributed by atoms with Crippen LogP contribution in [0.15, 0.2) is 61.3 Å². The Kier molecular flexibility index (Phi) is 5.34. The van der Waals surface area contributed by atoms with E-state index in [2.05, 4.69) is 60.6 Å². The highest BCUT2D eigenvalue weighted by atomic mass is 32.1. The highest BCUT2D eigenvalue weighted by molar-refractivity contribution is 7.15. The maximum absolute atomic E-state index is 12.1. The van der Waals surface area contributed by atoms with Crippen molar-refractivity contribution >= 4 is 44.7 Å². The summed E-state index contributed by atoms with van der Waals surface area (Å²) < 4.78 is 0. The summed E-state index contributed by atoms with van der Waals surface area (Å²) in [5.74, 6) is -0.174. The summed E-state index contributed by atoms with van der Waals surface area (Å²) in [5.41, 5.74) is 6.77. The zero-order chi connectivity index (χ0) is 24.8. The standard InChI is InChI=1S/C27H23N7OS/c1-14(2)27(35)31-17-6-16(9-28-10-17)21-8-19-24(13-30-21)33-34-26(19)22-7-18-20(11-29-12-23(18)32-22)25-5-4-15(3)36-25/h4-14,32H,1-3H3,(H,31,35)(H,33,34). The molecule has 0 saturated heterocycles. The van der Waals surface area contributed by atoms with E-state index < -0.39 is 0 Å². The van der Waals surface area contributed by atoms with Crippen molar-refractivity contribution in [1.29, 1.82) is 0 Å². The maximum atomic E-state index is 12.1. The van der Waals surface area contributed by atoms with Crippen LogP contribution in [-0.4, -0.2) is 36.0 Å². The quantitative estimate of drug-likeness (QED) is 0.265. The predicted octanol–water partition coefficient (Wildman–Crippen LogP) is 6.19. The molecule has 0 spiro atoms. The first-order valence-corrected chi connectivity index (χ1v) is 12.4. The van der Waals surface area contributed by atoms with Crippen LogP contribution in [0.25, 0.3) is 54.9 Å².